The van der Waals surface area contributed by atoms with Gasteiger partial charge in [-0.05, 0) is 0 Å². The summed E-state index contributed by atoms with van der Waals surface area (Å²) >= 11 is 0. The van der Waals surface area contributed by atoms with Gasteiger partial charge in [0.2, 0.25) is 0 Å². The molecule has 10 heteroatoms. The molecule has 0 amide bonds. The summed E-state index contributed by atoms with van der Waals surface area (Å²) in [5.41, 5.74) is 0. The van der Waals surface area contributed by atoms with Gasteiger partial charge in [-0.2, -0.15) is 0 Å². The molecule has 3 radical (unpaired) electrons. The first-order valence-corrected chi connectivity index (χ1v) is 0. The Balaban J connectivity index is 0. The Morgan fingerprint density at radius 3 is 0.200 bits per heavy atom. The van der Waals surface area contributed by atoms with Crippen LogP contribution in [0.4, 0.5) is 0 Å². The Morgan fingerprint density at radius 2 is 0.200 bits per heavy atom. The smallest absolute Gasteiger partial charge is 0 e. The van der Waals surface area contributed by atoms with Gasteiger partial charge in [0.05, 0.1) is 0 Å². The molecule has 0 atom stereocenters. The van der Waals surface area contributed by atoms with Crippen LogP contribution in [0, 0.1) is 292 Å². The molecular formula is Ce7Rh3. The zero-order chi connectivity index (χ0) is 0. The molecule has 0 heterocycles. The SMILES string of the molecule is [Ce].[Ce].[Ce].[Ce].[Ce].[Ce].[Ce].[Rh].[Rh].[Rh]. The van der Waals surface area contributed by atoms with Crippen molar-refractivity contribution in [2.75, 3.05) is 0 Å². The summed E-state index contributed by atoms with van der Waals surface area (Å²) in [6, 6.07) is 0. The summed E-state index contributed by atoms with van der Waals surface area (Å²) in [4.78, 5) is 0. The maximum atomic E-state index is 0. The van der Waals surface area contributed by atoms with E-state index >= 15 is 0 Å². The summed E-state index contributed by atoms with van der Waals surface area (Å²) in [7, 11) is 0. The summed E-state index contributed by atoms with van der Waals surface area (Å²) in [6.07, 6.45) is 0. The van der Waals surface area contributed by atoms with Crippen molar-refractivity contribution in [1.29, 1.82) is 0 Å². The number of rotatable bonds is 0. The Morgan fingerprint density at radius 1 is 0.200 bits per heavy atom. The third kappa shape index (κ3) is 50.5. The maximum absolute atomic E-state index is 0. The normalized spacial score (nSPS) is 0. The minimum absolute atomic E-state index is 0. The van der Waals surface area contributed by atoms with E-state index in [1.165, 1.54) is 0 Å². The molecule has 0 N–H and O–H groups in total. The standard InChI is InChI=1S/7Ce.3Rh. The zero-order valence-corrected chi connectivity index (χ0v) is 31.4. The molecule has 0 aromatic heterocycles. The van der Waals surface area contributed by atoms with E-state index in [9.17, 15) is 0 Å². The minimum atomic E-state index is 0. The predicted molar refractivity (Wildman–Crippen MR) is 0 cm³/mol. The van der Waals surface area contributed by atoms with Crippen molar-refractivity contribution >= 4 is 0 Å². The van der Waals surface area contributed by atoms with E-state index in [-0.39, 0.29) is 351 Å². The fourth-order valence-electron chi connectivity index (χ4n) is 0. The van der Waals surface area contributed by atoms with Crippen molar-refractivity contribution in [3.63, 3.8) is 0 Å². The predicted octanol–water partition coefficient (Wildman–Crippen LogP) is -0.00750. The van der Waals surface area contributed by atoms with Crippen molar-refractivity contribution in [2.45, 2.75) is 0 Å². The molecule has 0 bridgehead atoms. The van der Waals surface area contributed by atoms with Gasteiger partial charge in [0, 0.05) is 351 Å². The van der Waals surface area contributed by atoms with Crippen LogP contribution in [0.1, 0.15) is 0 Å². The van der Waals surface area contributed by atoms with Crippen LogP contribution in [0.5, 0.6) is 0 Å². The van der Waals surface area contributed by atoms with Crippen molar-refractivity contribution in [3.05, 3.63) is 0 Å². The van der Waals surface area contributed by atoms with E-state index < -0.39 is 0 Å². The van der Waals surface area contributed by atoms with Crippen molar-refractivity contribution in [3.8, 4) is 0 Å². The first kappa shape index (κ1) is 68.3. The van der Waals surface area contributed by atoms with Crippen molar-refractivity contribution in [1.82, 2.24) is 0 Å². The zero-order valence-electron chi connectivity index (χ0n) is 4.50. The van der Waals surface area contributed by atoms with Gasteiger partial charge in [0.1, 0.15) is 0 Å². The molecule has 0 unspecified atom stereocenters. The van der Waals surface area contributed by atoms with Crippen LogP contribution in [0.2, 0.25) is 0 Å². The van der Waals surface area contributed by atoms with E-state index in [0.29, 0.717) is 0 Å². The van der Waals surface area contributed by atoms with Gasteiger partial charge in [-0.3, -0.25) is 0 Å². The molecule has 0 aliphatic carbocycles. The fourth-order valence-corrected chi connectivity index (χ4v) is 0. The van der Waals surface area contributed by atoms with Crippen LogP contribution in [0.15, 0.2) is 0 Å². The summed E-state index contributed by atoms with van der Waals surface area (Å²) in [5.74, 6) is 0. The van der Waals surface area contributed by atoms with Gasteiger partial charge in [-0.25, -0.2) is 0 Å². The van der Waals surface area contributed by atoms with Gasteiger partial charge < -0.3 is 0 Å². The van der Waals surface area contributed by atoms with Gasteiger partial charge in [0.15, 0.2) is 0 Å². The largest absolute Gasteiger partial charge is 0 e. The van der Waals surface area contributed by atoms with Gasteiger partial charge >= 0.3 is 0 Å². The average Bonchev–Trinajstić information content (AvgIpc) is 0. The van der Waals surface area contributed by atoms with E-state index in [1.807, 2.05) is 0 Å². The van der Waals surface area contributed by atoms with Crippen molar-refractivity contribution < 1.29 is 351 Å². The Bertz CT molecular complexity index is 8.81. The Kier molecular flexibility index (Phi) is 403. The molecule has 55 valence electrons. The molecule has 0 aromatic carbocycles. The minimum Gasteiger partial charge on any atom is 0 e. The molecule has 0 rings (SSSR count). The van der Waals surface area contributed by atoms with Crippen molar-refractivity contribution in [2.24, 2.45) is 0 Å². The molecule has 0 aliphatic rings. The van der Waals surface area contributed by atoms with E-state index in [0.717, 1.165) is 0 Å². The van der Waals surface area contributed by atoms with E-state index in [2.05, 4.69) is 0 Å². The first-order chi connectivity index (χ1) is 0. The van der Waals surface area contributed by atoms with Crippen LogP contribution < -0.4 is 0 Å². The molecule has 0 saturated heterocycles. The van der Waals surface area contributed by atoms with Crippen LogP contribution in [-0.2, 0) is 58.4 Å². The van der Waals surface area contributed by atoms with Gasteiger partial charge in [0.25, 0.3) is 0 Å². The van der Waals surface area contributed by atoms with Crippen LogP contribution in [0.25, 0.3) is 0 Å². The van der Waals surface area contributed by atoms with E-state index in [4.69, 9.17) is 0 Å². The molecule has 10 heavy (non-hydrogen) atoms. The maximum Gasteiger partial charge on any atom is 0 e. The summed E-state index contributed by atoms with van der Waals surface area (Å²) in [6.45, 7) is 0. The molecule has 0 spiro atoms. The number of hydrogen-bond acceptors (Lipinski definition) is 0. The second kappa shape index (κ2) is 58.9. The van der Waals surface area contributed by atoms with Gasteiger partial charge in [-0.15, -0.1) is 0 Å². The van der Waals surface area contributed by atoms with Crippen LogP contribution in [0.3, 0.4) is 0 Å². The molecule has 0 aromatic rings. The summed E-state index contributed by atoms with van der Waals surface area (Å²) < 4.78 is 0. The van der Waals surface area contributed by atoms with Crippen LogP contribution in [-0.4, -0.2) is 0 Å². The molecule has 0 saturated carbocycles. The van der Waals surface area contributed by atoms with E-state index in [1.54, 1.807) is 0 Å². The quantitative estimate of drug-likeness (QED) is 0.300. The first-order valence-electron chi connectivity index (χ1n) is 0. The molecule has 0 nitrogen and oxygen atoms in total. The Labute approximate surface area is 337 Å². The molecule has 0 fully saturated rings. The van der Waals surface area contributed by atoms with Crippen LogP contribution >= 0.6 is 0 Å². The topological polar surface area (TPSA) is 0 Å². The summed E-state index contributed by atoms with van der Waals surface area (Å²) in [5, 5.41) is 0. The van der Waals surface area contributed by atoms with Gasteiger partial charge in [-0.1, -0.05) is 0 Å². The number of hydrogen-bond donors (Lipinski definition) is 0. The second-order valence-electron chi connectivity index (χ2n) is 0. The Hall–Kier alpha value is 11.5. The second-order valence-corrected chi connectivity index (χ2v) is 0. The third-order valence-corrected chi connectivity index (χ3v) is 0. The monoisotopic (exact) mass is 1290 g/mol. The third-order valence-electron chi connectivity index (χ3n) is 0. The average molecular weight is 1290 g/mol. The molecule has 0 aliphatic heterocycles. The fraction of sp³-hybridized carbons (Fsp3) is 0. The molecular weight excluding hydrogens is 1290 g/mol.